The molecular formula is C31H28N4O5S2. The Morgan fingerprint density at radius 2 is 1.74 bits per heavy atom. The van der Waals surface area contributed by atoms with Crippen LogP contribution in [0.2, 0.25) is 0 Å². The van der Waals surface area contributed by atoms with E-state index in [0.29, 0.717) is 26.0 Å². The van der Waals surface area contributed by atoms with Gasteiger partial charge in [0.25, 0.3) is 11.5 Å². The molecule has 0 aliphatic carbocycles. The number of rotatable bonds is 8. The molecule has 11 heteroatoms. The van der Waals surface area contributed by atoms with Crippen molar-refractivity contribution in [3.8, 4) is 10.4 Å². The molecule has 0 unspecified atom stereocenters. The van der Waals surface area contributed by atoms with E-state index < -0.39 is 17.4 Å². The summed E-state index contributed by atoms with van der Waals surface area (Å²) < 4.78 is 6.38. The smallest absolute Gasteiger partial charge is 0.341 e. The summed E-state index contributed by atoms with van der Waals surface area (Å²) in [5, 5.41) is 6.31. The molecule has 5 aromatic rings. The zero-order valence-electron chi connectivity index (χ0n) is 23.4. The van der Waals surface area contributed by atoms with Crippen LogP contribution >= 0.6 is 22.7 Å². The van der Waals surface area contributed by atoms with E-state index in [4.69, 9.17) is 4.74 Å². The SMILES string of the molecule is CCOC(=O)c1cc(-c2ccccc2)sc1NC(=O)Cn1cnc2sc(C(=O)Nc3ccc(C)cc3C)c(C)c2c1=O. The Labute approximate surface area is 249 Å². The minimum absolute atomic E-state index is 0.189. The molecule has 2 aromatic carbocycles. The maximum atomic E-state index is 13.4. The van der Waals surface area contributed by atoms with Crippen LogP contribution in [0.4, 0.5) is 10.7 Å². The first-order valence-electron chi connectivity index (χ1n) is 13.2. The predicted octanol–water partition coefficient (Wildman–Crippen LogP) is 6.18. The summed E-state index contributed by atoms with van der Waals surface area (Å²) in [5.41, 5.74) is 3.91. The highest BCUT2D eigenvalue weighted by molar-refractivity contribution is 7.20. The average Bonchev–Trinajstić information content (AvgIpc) is 3.54. The molecule has 0 atom stereocenters. The summed E-state index contributed by atoms with van der Waals surface area (Å²) in [6, 6.07) is 16.9. The van der Waals surface area contributed by atoms with E-state index in [1.165, 1.54) is 22.2 Å². The minimum atomic E-state index is -0.549. The number of esters is 1. The number of thiophene rings is 2. The monoisotopic (exact) mass is 600 g/mol. The second kappa shape index (κ2) is 12.1. The molecule has 0 fully saturated rings. The molecule has 0 spiro atoms. The number of ether oxygens (including phenoxy) is 1. The summed E-state index contributed by atoms with van der Waals surface area (Å²) in [6.45, 7) is 7.16. The first-order valence-corrected chi connectivity index (χ1v) is 14.8. The molecule has 0 saturated carbocycles. The number of aromatic nitrogens is 2. The van der Waals surface area contributed by atoms with E-state index in [9.17, 15) is 19.2 Å². The minimum Gasteiger partial charge on any atom is -0.462 e. The molecule has 0 aliphatic heterocycles. The third-order valence-corrected chi connectivity index (χ3v) is 8.90. The Balaban J connectivity index is 1.39. The van der Waals surface area contributed by atoms with E-state index in [0.717, 1.165) is 32.9 Å². The van der Waals surface area contributed by atoms with Crippen molar-refractivity contribution in [1.29, 1.82) is 0 Å². The average molecular weight is 601 g/mol. The maximum absolute atomic E-state index is 13.4. The maximum Gasteiger partial charge on any atom is 0.341 e. The third-order valence-electron chi connectivity index (χ3n) is 6.61. The lowest BCUT2D eigenvalue weighted by molar-refractivity contribution is -0.116. The number of nitrogens with zero attached hydrogens (tertiary/aromatic N) is 2. The van der Waals surface area contributed by atoms with Crippen molar-refractivity contribution >= 4 is 61.4 Å². The summed E-state index contributed by atoms with van der Waals surface area (Å²) in [4.78, 5) is 58.2. The van der Waals surface area contributed by atoms with Gasteiger partial charge in [-0.25, -0.2) is 9.78 Å². The van der Waals surface area contributed by atoms with Gasteiger partial charge >= 0.3 is 5.97 Å². The number of carbonyl (C=O) groups is 3. The van der Waals surface area contributed by atoms with E-state index in [1.54, 1.807) is 19.9 Å². The number of fused-ring (bicyclic) bond motifs is 1. The van der Waals surface area contributed by atoms with Crippen molar-refractivity contribution in [2.75, 3.05) is 17.2 Å². The molecule has 0 bridgehead atoms. The summed E-state index contributed by atoms with van der Waals surface area (Å²) >= 11 is 2.37. The topological polar surface area (TPSA) is 119 Å². The van der Waals surface area contributed by atoms with E-state index in [2.05, 4.69) is 15.6 Å². The second-order valence-corrected chi connectivity index (χ2v) is 11.7. The van der Waals surface area contributed by atoms with Gasteiger partial charge in [-0.05, 0) is 56.5 Å². The molecule has 0 aliphatic rings. The zero-order valence-corrected chi connectivity index (χ0v) is 25.1. The number of amides is 2. The molecule has 9 nitrogen and oxygen atoms in total. The molecule has 2 N–H and O–H groups in total. The number of carbonyl (C=O) groups excluding carboxylic acids is 3. The van der Waals surface area contributed by atoms with Crippen molar-refractivity contribution in [3.63, 3.8) is 0 Å². The zero-order chi connectivity index (χ0) is 30.0. The van der Waals surface area contributed by atoms with Gasteiger partial charge in [-0.15, -0.1) is 22.7 Å². The molecule has 3 heterocycles. The first-order chi connectivity index (χ1) is 20.2. The number of benzene rings is 2. The Morgan fingerprint density at radius 3 is 2.45 bits per heavy atom. The predicted molar refractivity (Wildman–Crippen MR) is 167 cm³/mol. The largest absolute Gasteiger partial charge is 0.462 e. The Kier molecular flexibility index (Phi) is 8.32. The third kappa shape index (κ3) is 5.88. The van der Waals surface area contributed by atoms with E-state index >= 15 is 0 Å². The van der Waals surface area contributed by atoms with Gasteiger partial charge in [0.15, 0.2) is 0 Å². The number of hydrogen-bond donors (Lipinski definition) is 2. The highest BCUT2D eigenvalue weighted by Crippen LogP contribution is 2.36. The summed E-state index contributed by atoms with van der Waals surface area (Å²) in [6.07, 6.45) is 1.29. The number of hydrogen-bond acceptors (Lipinski definition) is 8. The van der Waals surface area contributed by atoms with Crippen molar-refractivity contribution < 1.29 is 19.1 Å². The van der Waals surface area contributed by atoms with Gasteiger partial charge in [0.05, 0.1) is 28.8 Å². The van der Waals surface area contributed by atoms with Crippen LogP contribution in [-0.2, 0) is 16.1 Å². The highest BCUT2D eigenvalue weighted by Gasteiger charge is 2.23. The van der Waals surface area contributed by atoms with Gasteiger partial charge in [0.2, 0.25) is 5.91 Å². The van der Waals surface area contributed by atoms with Crippen molar-refractivity contribution in [2.45, 2.75) is 34.2 Å². The second-order valence-electron chi connectivity index (χ2n) is 9.67. The quantitative estimate of drug-likeness (QED) is 0.205. The normalized spacial score (nSPS) is 11.0. The Bertz CT molecular complexity index is 1890. The van der Waals surface area contributed by atoms with Crippen LogP contribution in [0.5, 0.6) is 0 Å². The van der Waals surface area contributed by atoms with Crippen molar-refractivity contribution in [2.24, 2.45) is 0 Å². The fraction of sp³-hybridized carbons (Fsp3) is 0.194. The highest BCUT2D eigenvalue weighted by atomic mass is 32.1. The van der Waals surface area contributed by atoms with Crippen LogP contribution in [0.1, 0.15) is 43.6 Å². The molecule has 214 valence electrons. The molecular weight excluding hydrogens is 572 g/mol. The molecule has 2 amide bonds. The van der Waals surface area contributed by atoms with Crippen LogP contribution in [0.25, 0.3) is 20.7 Å². The summed E-state index contributed by atoms with van der Waals surface area (Å²) in [7, 11) is 0. The van der Waals surface area contributed by atoms with Crippen molar-refractivity contribution in [3.05, 3.63) is 98.4 Å². The molecule has 0 saturated heterocycles. The van der Waals surface area contributed by atoms with Crippen LogP contribution in [-0.4, -0.2) is 33.9 Å². The fourth-order valence-corrected chi connectivity index (χ4v) is 6.63. The van der Waals surface area contributed by atoms with Gasteiger partial charge in [-0.2, -0.15) is 0 Å². The molecule has 0 radical (unpaired) electrons. The fourth-order valence-electron chi connectivity index (χ4n) is 4.53. The van der Waals surface area contributed by atoms with Gasteiger partial charge in [0, 0.05) is 10.6 Å². The first kappa shape index (κ1) is 28.9. The van der Waals surface area contributed by atoms with Gasteiger partial charge in [-0.3, -0.25) is 19.0 Å². The van der Waals surface area contributed by atoms with Gasteiger partial charge < -0.3 is 15.4 Å². The van der Waals surface area contributed by atoms with E-state index in [1.807, 2.05) is 62.4 Å². The molecule has 3 aromatic heterocycles. The number of nitrogens with one attached hydrogen (secondary N) is 2. The lowest BCUT2D eigenvalue weighted by atomic mass is 10.1. The van der Waals surface area contributed by atoms with Crippen LogP contribution in [0.15, 0.2) is 65.7 Å². The van der Waals surface area contributed by atoms with Crippen molar-refractivity contribution in [1.82, 2.24) is 9.55 Å². The van der Waals surface area contributed by atoms with Crippen LogP contribution in [0.3, 0.4) is 0 Å². The lowest BCUT2D eigenvalue weighted by Gasteiger charge is -2.09. The molecule has 5 rings (SSSR count). The van der Waals surface area contributed by atoms with Crippen LogP contribution in [0, 0.1) is 20.8 Å². The van der Waals surface area contributed by atoms with Crippen LogP contribution < -0.4 is 16.2 Å². The number of aryl methyl sites for hydroxylation is 3. The number of anilines is 2. The Hall–Kier alpha value is -4.61. The lowest BCUT2D eigenvalue weighted by Crippen LogP contribution is -2.28. The van der Waals surface area contributed by atoms with Gasteiger partial charge in [-0.1, -0.05) is 48.0 Å². The van der Waals surface area contributed by atoms with E-state index in [-0.39, 0.29) is 30.0 Å². The van der Waals surface area contributed by atoms with Gasteiger partial charge in [0.1, 0.15) is 16.4 Å². The standard InChI is InChI=1S/C31H28N4O5S2/c1-5-40-31(39)21-14-23(20-9-7-6-8-10-20)41-28(21)34-24(36)15-35-16-32-29-25(30(35)38)19(4)26(42-29)27(37)33-22-12-11-17(2)13-18(22)3/h6-14,16H,5,15H2,1-4H3,(H,33,37)(H,34,36). The molecule has 42 heavy (non-hydrogen) atoms. The Morgan fingerprint density at radius 1 is 0.976 bits per heavy atom. The summed E-state index contributed by atoms with van der Waals surface area (Å²) in [5.74, 6) is -1.39.